The first-order valence-corrected chi connectivity index (χ1v) is 7.09. The molecule has 3 heterocycles. The Morgan fingerprint density at radius 1 is 1.32 bits per heavy atom. The van der Waals surface area contributed by atoms with E-state index in [0.29, 0.717) is 6.42 Å². The van der Waals surface area contributed by atoms with Gasteiger partial charge >= 0.3 is 0 Å². The van der Waals surface area contributed by atoms with Gasteiger partial charge in [-0.1, -0.05) is 17.7 Å². The molecule has 104 valence electrons. The Hall–Kier alpha value is -0.680. The molecule has 1 N–H and O–H groups in total. The van der Waals surface area contributed by atoms with Gasteiger partial charge in [0.15, 0.2) is 0 Å². The van der Waals surface area contributed by atoms with Crippen LogP contribution in [0.25, 0.3) is 0 Å². The summed E-state index contributed by atoms with van der Waals surface area (Å²) in [5.74, 6) is -0.411. The number of aliphatic hydroxyl groups excluding tert-OH is 1. The van der Waals surface area contributed by atoms with Crippen molar-refractivity contribution in [3.63, 3.8) is 0 Å². The Kier molecular flexibility index (Phi) is 3.76. The topological polar surface area (TPSA) is 26.7 Å². The average molecular weight is 285 g/mol. The Bertz CT molecular complexity index is 463. The average Bonchev–Trinajstić information content (AvgIpc) is 2.44. The van der Waals surface area contributed by atoms with E-state index in [-0.39, 0.29) is 11.1 Å². The lowest BCUT2D eigenvalue weighted by molar-refractivity contribution is -0.0453. The summed E-state index contributed by atoms with van der Waals surface area (Å²) in [5, 5.41) is 10.5. The second kappa shape index (κ2) is 5.37. The van der Waals surface area contributed by atoms with Gasteiger partial charge in [-0.25, -0.2) is 4.39 Å². The molecule has 0 amide bonds. The number of rotatable bonds is 3. The first kappa shape index (κ1) is 13.3. The van der Waals surface area contributed by atoms with Gasteiger partial charge in [-0.05, 0) is 24.1 Å². The van der Waals surface area contributed by atoms with Crippen LogP contribution >= 0.6 is 11.6 Å². The van der Waals surface area contributed by atoms with E-state index in [1.807, 2.05) is 0 Å². The van der Waals surface area contributed by atoms with Gasteiger partial charge in [0.1, 0.15) is 5.82 Å². The number of fused-ring (bicyclic) bond motifs is 3. The zero-order valence-corrected chi connectivity index (χ0v) is 11.5. The van der Waals surface area contributed by atoms with Crippen molar-refractivity contribution in [3.05, 3.63) is 34.6 Å². The quantitative estimate of drug-likeness (QED) is 0.909. The minimum atomic E-state index is -0.426. The lowest BCUT2D eigenvalue weighted by Gasteiger charge is -2.49. The third-order valence-electron chi connectivity index (χ3n) is 4.19. The number of halogens is 2. The van der Waals surface area contributed by atoms with Crippen molar-refractivity contribution in [2.75, 3.05) is 32.7 Å². The zero-order chi connectivity index (χ0) is 13.4. The van der Waals surface area contributed by atoms with Crippen LogP contribution in [0.1, 0.15) is 5.56 Å². The second-order valence-corrected chi connectivity index (χ2v) is 5.83. The van der Waals surface area contributed by atoms with Gasteiger partial charge in [0.25, 0.3) is 0 Å². The Labute approximate surface area is 117 Å². The van der Waals surface area contributed by atoms with Gasteiger partial charge in [0.05, 0.1) is 11.1 Å². The van der Waals surface area contributed by atoms with Crippen molar-refractivity contribution in [1.29, 1.82) is 0 Å². The molecular weight excluding hydrogens is 267 g/mol. The summed E-state index contributed by atoms with van der Waals surface area (Å²) >= 11 is 5.77. The summed E-state index contributed by atoms with van der Waals surface area (Å²) in [4.78, 5) is 4.75. The normalized spacial score (nSPS) is 31.4. The lowest BCUT2D eigenvalue weighted by atomic mass is 9.97. The molecule has 2 unspecified atom stereocenters. The smallest absolute Gasteiger partial charge is 0.141 e. The third kappa shape index (κ3) is 2.77. The predicted molar refractivity (Wildman–Crippen MR) is 72.9 cm³/mol. The maximum Gasteiger partial charge on any atom is 0.141 e. The third-order valence-corrected chi connectivity index (χ3v) is 4.48. The standard InChI is InChI=1S/C14H18ClFN2O/c15-11-7-10(1-2-12(11)16)8-14(19)13-9-17-3-5-18(13)6-4-17/h1-2,7,13-14,19H,3-6,8-9H2. The summed E-state index contributed by atoms with van der Waals surface area (Å²) in [7, 11) is 0. The van der Waals surface area contributed by atoms with Gasteiger partial charge in [-0.3, -0.25) is 9.80 Å². The molecule has 2 bridgehead atoms. The molecule has 3 aliphatic heterocycles. The summed E-state index contributed by atoms with van der Waals surface area (Å²) in [6.07, 6.45) is 0.0966. The SMILES string of the molecule is OC(Cc1ccc(F)c(Cl)c1)C1CN2CCN1CC2. The molecule has 0 radical (unpaired) electrons. The number of benzene rings is 1. The van der Waals surface area contributed by atoms with Crippen molar-refractivity contribution in [1.82, 2.24) is 9.80 Å². The summed E-state index contributed by atoms with van der Waals surface area (Å²) in [5.41, 5.74) is 0.886. The predicted octanol–water partition coefficient (Wildman–Crippen LogP) is 1.38. The van der Waals surface area contributed by atoms with Gasteiger partial charge in [-0.2, -0.15) is 0 Å². The highest BCUT2D eigenvalue weighted by Gasteiger charge is 2.35. The lowest BCUT2D eigenvalue weighted by Crippen LogP contribution is -2.64. The van der Waals surface area contributed by atoms with Crippen molar-refractivity contribution in [2.45, 2.75) is 18.6 Å². The number of hydrogen-bond donors (Lipinski definition) is 1. The van der Waals surface area contributed by atoms with Gasteiger partial charge in [0.2, 0.25) is 0 Å². The van der Waals surface area contributed by atoms with E-state index in [1.54, 1.807) is 12.1 Å². The maximum atomic E-state index is 13.1. The fraction of sp³-hybridized carbons (Fsp3) is 0.571. The maximum absolute atomic E-state index is 13.1. The van der Waals surface area contributed by atoms with Crippen molar-refractivity contribution in [3.8, 4) is 0 Å². The van der Waals surface area contributed by atoms with Gasteiger partial charge < -0.3 is 5.11 Å². The molecule has 19 heavy (non-hydrogen) atoms. The highest BCUT2D eigenvalue weighted by Crippen LogP contribution is 2.22. The Balaban J connectivity index is 1.67. The molecule has 1 aromatic rings. The van der Waals surface area contributed by atoms with Crippen molar-refractivity contribution >= 4 is 11.6 Å². The van der Waals surface area contributed by atoms with E-state index >= 15 is 0 Å². The summed E-state index contributed by atoms with van der Waals surface area (Å²) in [6.45, 7) is 5.20. The fourth-order valence-electron chi connectivity index (χ4n) is 3.07. The number of piperazine rings is 3. The van der Waals surface area contributed by atoms with E-state index in [4.69, 9.17) is 11.6 Å². The van der Waals surface area contributed by atoms with E-state index in [1.165, 1.54) is 6.07 Å². The highest BCUT2D eigenvalue weighted by molar-refractivity contribution is 6.30. The first-order valence-electron chi connectivity index (χ1n) is 6.72. The van der Waals surface area contributed by atoms with Crippen LogP contribution in [-0.2, 0) is 6.42 Å². The van der Waals surface area contributed by atoms with Crippen LogP contribution in [0, 0.1) is 5.82 Å². The van der Waals surface area contributed by atoms with Crippen LogP contribution in [0.2, 0.25) is 5.02 Å². The molecule has 3 fully saturated rings. The van der Waals surface area contributed by atoms with E-state index in [9.17, 15) is 9.50 Å². The minimum Gasteiger partial charge on any atom is -0.391 e. The Morgan fingerprint density at radius 2 is 2.05 bits per heavy atom. The van der Waals surface area contributed by atoms with Gasteiger partial charge in [0, 0.05) is 38.8 Å². The van der Waals surface area contributed by atoms with Crippen LogP contribution in [-0.4, -0.2) is 59.8 Å². The van der Waals surface area contributed by atoms with E-state index < -0.39 is 11.9 Å². The highest BCUT2D eigenvalue weighted by atomic mass is 35.5. The van der Waals surface area contributed by atoms with Crippen LogP contribution in [0.3, 0.4) is 0 Å². The molecule has 0 spiro atoms. The number of nitrogens with zero attached hydrogens (tertiary/aromatic N) is 2. The summed E-state index contributed by atoms with van der Waals surface area (Å²) < 4.78 is 13.1. The molecule has 4 rings (SSSR count). The van der Waals surface area contributed by atoms with Crippen LogP contribution < -0.4 is 0 Å². The molecule has 3 aliphatic rings. The molecule has 0 saturated carbocycles. The monoisotopic (exact) mass is 284 g/mol. The molecule has 5 heteroatoms. The van der Waals surface area contributed by atoms with Crippen LogP contribution in [0.4, 0.5) is 4.39 Å². The molecule has 1 aromatic carbocycles. The minimum absolute atomic E-state index is 0.124. The molecule has 3 saturated heterocycles. The molecule has 0 aromatic heterocycles. The largest absolute Gasteiger partial charge is 0.391 e. The van der Waals surface area contributed by atoms with E-state index in [2.05, 4.69) is 9.80 Å². The van der Waals surface area contributed by atoms with Gasteiger partial charge in [-0.15, -0.1) is 0 Å². The first-order chi connectivity index (χ1) is 9.13. The molecule has 0 aliphatic carbocycles. The van der Waals surface area contributed by atoms with Crippen LogP contribution in [0.15, 0.2) is 18.2 Å². The molecular formula is C14H18ClFN2O. The fourth-order valence-corrected chi connectivity index (χ4v) is 3.27. The van der Waals surface area contributed by atoms with E-state index in [0.717, 1.165) is 38.3 Å². The summed E-state index contributed by atoms with van der Waals surface area (Å²) in [6, 6.07) is 4.85. The number of aliphatic hydroxyl groups is 1. The zero-order valence-electron chi connectivity index (χ0n) is 10.7. The Morgan fingerprint density at radius 3 is 2.63 bits per heavy atom. The molecule has 3 nitrogen and oxygen atoms in total. The van der Waals surface area contributed by atoms with Crippen LogP contribution in [0.5, 0.6) is 0 Å². The number of hydrogen-bond acceptors (Lipinski definition) is 3. The van der Waals surface area contributed by atoms with Crippen molar-refractivity contribution in [2.24, 2.45) is 0 Å². The second-order valence-electron chi connectivity index (χ2n) is 5.42. The van der Waals surface area contributed by atoms with Crippen molar-refractivity contribution < 1.29 is 9.50 Å². The molecule has 2 atom stereocenters.